The van der Waals surface area contributed by atoms with Crippen LogP contribution >= 0.6 is 0 Å². The van der Waals surface area contributed by atoms with Crippen molar-refractivity contribution in [2.24, 2.45) is 11.1 Å². The van der Waals surface area contributed by atoms with Gasteiger partial charge in [-0.2, -0.15) is 0 Å². The first-order valence-corrected chi connectivity index (χ1v) is 8.03. The maximum atomic E-state index is 12.1. The highest BCUT2D eigenvalue weighted by atomic mass is 16.6. The Kier molecular flexibility index (Phi) is 4.28. The van der Waals surface area contributed by atoms with Crippen LogP contribution in [0.25, 0.3) is 0 Å². The van der Waals surface area contributed by atoms with E-state index in [1.807, 2.05) is 20.8 Å². The SMILES string of the molecule is CC(C)N1CC[C@H](N)[C@H]1C1(C)CN(C(=O)OC(C)(C)C)C1. The van der Waals surface area contributed by atoms with Gasteiger partial charge < -0.3 is 15.4 Å². The monoisotopic (exact) mass is 297 g/mol. The van der Waals surface area contributed by atoms with E-state index in [2.05, 4.69) is 25.7 Å². The minimum Gasteiger partial charge on any atom is -0.444 e. The second-order valence-corrected chi connectivity index (χ2v) is 8.22. The van der Waals surface area contributed by atoms with E-state index in [-0.39, 0.29) is 17.6 Å². The largest absolute Gasteiger partial charge is 0.444 e. The highest BCUT2D eigenvalue weighted by Crippen LogP contribution is 2.41. The van der Waals surface area contributed by atoms with E-state index in [0.29, 0.717) is 12.1 Å². The summed E-state index contributed by atoms with van der Waals surface area (Å²) in [6.45, 7) is 14.9. The fourth-order valence-electron chi connectivity index (χ4n) is 3.81. The standard InChI is InChI=1S/C16H31N3O2/c1-11(2)19-8-7-12(17)13(19)16(6)9-18(10-16)14(20)21-15(3,4)5/h11-13H,7-10,17H2,1-6H3/t12-,13-/m0/s1. The molecule has 5 heteroatoms. The Bertz CT molecular complexity index is 397. The molecule has 2 aliphatic rings. The maximum Gasteiger partial charge on any atom is 0.410 e. The van der Waals surface area contributed by atoms with Crippen LogP contribution in [0, 0.1) is 5.41 Å². The molecule has 2 N–H and O–H groups in total. The lowest BCUT2D eigenvalue weighted by atomic mass is 9.72. The van der Waals surface area contributed by atoms with E-state index >= 15 is 0 Å². The molecule has 0 spiro atoms. The van der Waals surface area contributed by atoms with Crippen molar-refractivity contribution >= 4 is 6.09 Å². The second-order valence-electron chi connectivity index (χ2n) is 8.22. The summed E-state index contributed by atoms with van der Waals surface area (Å²) < 4.78 is 5.44. The molecule has 2 aliphatic heterocycles. The normalized spacial score (nSPS) is 29.6. The Morgan fingerprint density at radius 1 is 1.33 bits per heavy atom. The minimum atomic E-state index is -0.434. The van der Waals surface area contributed by atoms with Crippen molar-refractivity contribution in [3.05, 3.63) is 0 Å². The van der Waals surface area contributed by atoms with Crippen LogP contribution in [0.2, 0.25) is 0 Å². The third-order valence-electron chi connectivity index (χ3n) is 4.62. The molecular formula is C16H31N3O2. The van der Waals surface area contributed by atoms with Gasteiger partial charge in [0.1, 0.15) is 5.60 Å². The van der Waals surface area contributed by atoms with Crippen molar-refractivity contribution in [3.8, 4) is 0 Å². The summed E-state index contributed by atoms with van der Waals surface area (Å²) in [6.07, 6.45) is 0.841. The fraction of sp³-hybridized carbons (Fsp3) is 0.938. The zero-order valence-electron chi connectivity index (χ0n) is 14.3. The topological polar surface area (TPSA) is 58.8 Å². The fourth-order valence-corrected chi connectivity index (χ4v) is 3.81. The number of hydrogen-bond acceptors (Lipinski definition) is 4. The molecular weight excluding hydrogens is 266 g/mol. The van der Waals surface area contributed by atoms with E-state index in [0.717, 1.165) is 26.1 Å². The minimum absolute atomic E-state index is 0.0804. The van der Waals surface area contributed by atoms with Crippen molar-refractivity contribution in [3.63, 3.8) is 0 Å². The predicted molar refractivity (Wildman–Crippen MR) is 84.1 cm³/mol. The van der Waals surface area contributed by atoms with Crippen LogP contribution in [0.15, 0.2) is 0 Å². The first kappa shape index (κ1) is 16.6. The van der Waals surface area contributed by atoms with Crippen LogP contribution < -0.4 is 5.73 Å². The van der Waals surface area contributed by atoms with Crippen LogP contribution in [0.4, 0.5) is 4.79 Å². The number of nitrogens with two attached hydrogens (primary N) is 1. The number of hydrogen-bond donors (Lipinski definition) is 1. The summed E-state index contributed by atoms with van der Waals surface area (Å²) in [4.78, 5) is 16.4. The predicted octanol–water partition coefficient (Wildman–Crippen LogP) is 2.05. The van der Waals surface area contributed by atoms with Gasteiger partial charge in [-0.3, -0.25) is 4.90 Å². The molecule has 0 aromatic heterocycles. The van der Waals surface area contributed by atoms with E-state index in [1.165, 1.54) is 0 Å². The molecule has 1 amide bonds. The molecule has 2 rings (SSSR count). The number of carbonyl (C=O) groups is 1. The van der Waals surface area contributed by atoms with Crippen LogP contribution in [-0.4, -0.2) is 59.3 Å². The zero-order valence-corrected chi connectivity index (χ0v) is 14.3. The summed E-state index contributed by atoms with van der Waals surface area (Å²) in [6, 6.07) is 1.06. The van der Waals surface area contributed by atoms with Gasteiger partial charge in [-0.05, 0) is 41.0 Å². The molecule has 0 saturated carbocycles. The Hall–Kier alpha value is -0.810. The lowest BCUT2D eigenvalue weighted by Crippen LogP contribution is -2.68. The van der Waals surface area contributed by atoms with Crippen LogP contribution in [-0.2, 0) is 4.74 Å². The van der Waals surface area contributed by atoms with Crippen molar-refractivity contribution in [1.82, 2.24) is 9.80 Å². The Morgan fingerprint density at radius 3 is 2.38 bits per heavy atom. The van der Waals surface area contributed by atoms with Crippen molar-refractivity contribution < 1.29 is 9.53 Å². The van der Waals surface area contributed by atoms with Gasteiger partial charge in [-0.1, -0.05) is 6.92 Å². The molecule has 2 fully saturated rings. The van der Waals surface area contributed by atoms with Gasteiger partial charge >= 0.3 is 6.09 Å². The first-order valence-electron chi connectivity index (χ1n) is 8.03. The van der Waals surface area contributed by atoms with Crippen molar-refractivity contribution in [2.45, 2.75) is 71.7 Å². The molecule has 0 bridgehead atoms. The van der Waals surface area contributed by atoms with E-state index < -0.39 is 5.60 Å². The molecule has 0 aliphatic carbocycles. The Balaban J connectivity index is 1.99. The number of nitrogens with zero attached hydrogens (tertiary/aromatic N) is 2. The number of likely N-dealkylation sites (tertiary alicyclic amines) is 2. The molecule has 21 heavy (non-hydrogen) atoms. The highest BCUT2D eigenvalue weighted by molar-refractivity contribution is 5.69. The molecule has 2 atom stereocenters. The molecule has 0 aromatic carbocycles. The summed E-state index contributed by atoms with van der Waals surface area (Å²) in [5, 5.41) is 0. The average Bonchev–Trinajstić information content (AvgIpc) is 2.65. The molecule has 5 nitrogen and oxygen atoms in total. The lowest BCUT2D eigenvalue weighted by molar-refractivity contribution is -0.0645. The number of amides is 1. The molecule has 0 radical (unpaired) electrons. The Labute approximate surface area is 128 Å². The van der Waals surface area contributed by atoms with Gasteiger partial charge in [-0.15, -0.1) is 0 Å². The van der Waals surface area contributed by atoms with Crippen molar-refractivity contribution in [1.29, 1.82) is 0 Å². The van der Waals surface area contributed by atoms with Gasteiger partial charge in [-0.25, -0.2) is 4.79 Å². The Morgan fingerprint density at radius 2 is 1.90 bits per heavy atom. The molecule has 2 heterocycles. The second kappa shape index (κ2) is 5.43. The molecule has 2 saturated heterocycles. The molecule has 122 valence electrons. The summed E-state index contributed by atoms with van der Waals surface area (Å²) in [7, 11) is 0. The van der Waals surface area contributed by atoms with Gasteiger partial charge in [0.15, 0.2) is 0 Å². The highest BCUT2D eigenvalue weighted by Gasteiger charge is 2.53. The van der Waals surface area contributed by atoms with Gasteiger partial charge in [0.05, 0.1) is 0 Å². The summed E-state index contributed by atoms with van der Waals surface area (Å²) in [5.74, 6) is 0. The number of rotatable bonds is 2. The van der Waals surface area contributed by atoms with E-state index in [4.69, 9.17) is 10.5 Å². The lowest BCUT2D eigenvalue weighted by Gasteiger charge is -2.54. The molecule has 0 aromatic rings. The van der Waals surface area contributed by atoms with Crippen LogP contribution in [0.5, 0.6) is 0 Å². The van der Waals surface area contributed by atoms with Gasteiger partial charge in [0, 0.05) is 43.2 Å². The quantitative estimate of drug-likeness (QED) is 0.847. The van der Waals surface area contributed by atoms with E-state index in [9.17, 15) is 4.79 Å². The summed E-state index contributed by atoms with van der Waals surface area (Å²) >= 11 is 0. The average molecular weight is 297 g/mol. The zero-order chi connectivity index (χ0) is 16.0. The smallest absolute Gasteiger partial charge is 0.410 e. The maximum absolute atomic E-state index is 12.1. The van der Waals surface area contributed by atoms with Crippen LogP contribution in [0.1, 0.15) is 48.0 Å². The van der Waals surface area contributed by atoms with Crippen molar-refractivity contribution in [2.75, 3.05) is 19.6 Å². The van der Waals surface area contributed by atoms with Crippen LogP contribution in [0.3, 0.4) is 0 Å². The molecule has 0 unspecified atom stereocenters. The van der Waals surface area contributed by atoms with Gasteiger partial charge in [0.25, 0.3) is 0 Å². The number of carbonyl (C=O) groups excluding carboxylic acids is 1. The number of ether oxygens (including phenoxy) is 1. The third-order valence-corrected chi connectivity index (χ3v) is 4.62. The summed E-state index contributed by atoms with van der Waals surface area (Å²) in [5.41, 5.74) is 6.00. The first-order chi connectivity index (χ1) is 9.53. The van der Waals surface area contributed by atoms with Gasteiger partial charge in [0.2, 0.25) is 0 Å². The third kappa shape index (κ3) is 3.34. The van der Waals surface area contributed by atoms with E-state index in [1.54, 1.807) is 4.90 Å².